The molecule has 5 N–H and O–H groups in total. The first-order chi connectivity index (χ1) is 38.8. The van der Waals surface area contributed by atoms with Gasteiger partial charge in [-0.1, -0.05) is 101 Å². The van der Waals surface area contributed by atoms with Gasteiger partial charge in [-0.25, -0.2) is 0 Å². The predicted octanol–water partition coefficient (Wildman–Crippen LogP) is 13.1. The van der Waals surface area contributed by atoms with Crippen LogP contribution < -0.4 is 0 Å². The zero-order valence-electron chi connectivity index (χ0n) is 48.6. The third kappa shape index (κ3) is 9.36. The van der Waals surface area contributed by atoms with Gasteiger partial charge >= 0.3 is 24.2 Å². The summed E-state index contributed by atoms with van der Waals surface area (Å²) in [6.45, 7) is 12.7. The van der Waals surface area contributed by atoms with Crippen LogP contribution in [0.4, 0.5) is 43.9 Å². The number of aliphatic hydroxyl groups is 5. The summed E-state index contributed by atoms with van der Waals surface area (Å²) >= 11 is 0. The lowest BCUT2D eigenvalue weighted by Crippen LogP contribution is -2.65. The second kappa shape index (κ2) is 20.0. The van der Waals surface area contributed by atoms with Crippen molar-refractivity contribution in [2.75, 3.05) is 26.4 Å². The number of hydrogen-bond donors (Lipinski definition) is 5. The first kappa shape index (κ1) is 62.1. The zero-order chi connectivity index (χ0) is 61.1. The third-order valence-electron chi connectivity index (χ3n) is 22.8. The Labute approximate surface area is 483 Å². The number of aliphatic hydroxyl groups excluding tert-OH is 1. The zero-order valence-corrected chi connectivity index (χ0v) is 48.6. The van der Waals surface area contributed by atoms with Gasteiger partial charge in [-0.2, -0.15) is 43.9 Å². The van der Waals surface area contributed by atoms with Crippen molar-refractivity contribution in [3.63, 3.8) is 0 Å². The SMILES string of the molecule is CC1(C)COC2(CCC3=C4C(CC[C@@]3(O)C2)C2CC[C@@](O)(C(F)(F)C(F)(F)F)[C@@]2(C)C[C@@H]4c2ccc(C=O)cc2)OC1.CC1(C)COC2(CCC3=C4C(CC[C@@]3(O)C2)C2CC[C@@](O)(C(F)(F)C(F)(F)F)[C@@]2(C)C[C@@H]4c2ccc(CO)cc2)OC1. The monoisotopic (exact) mass is 1200 g/mol. The number of fused-ring (bicyclic) bond motifs is 8. The summed E-state index contributed by atoms with van der Waals surface area (Å²) in [6.07, 6.45) is -8.88. The molecule has 84 heavy (non-hydrogen) atoms. The van der Waals surface area contributed by atoms with Crippen molar-refractivity contribution in [2.24, 2.45) is 45.3 Å². The Balaban J connectivity index is 0.000000175. The molecule has 8 fully saturated rings. The molecular formula is C64H80F10O10. The van der Waals surface area contributed by atoms with Crippen molar-refractivity contribution in [1.82, 2.24) is 0 Å². The number of allylic oxidation sites excluding steroid dienone is 2. The minimum Gasteiger partial charge on any atom is -0.392 e. The van der Waals surface area contributed by atoms with E-state index in [1.54, 1.807) is 48.5 Å². The topological polar surface area (TPSA) is 155 Å². The minimum absolute atomic E-state index is 0.0284. The number of carbonyl (C=O) groups excluding carboxylic acids is 1. The van der Waals surface area contributed by atoms with Gasteiger partial charge in [0.25, 0.3) is 0 Å². The van der Waals surface area contributed by atoms with Crippen LogP contribution in [0, 0.1) is 45.3 Å². The maximum atomic E-state index is 15.2. The van der Waals surface area contributed by atoms with Gasteiger partial charge in [-0.05, 0) is 129 Å². The molecule has 0 bridgehead atoms. The van der Waals surface area contributed by atoms with E-state index < -0.39 is 106 Å². The summed E-state index contributed by atoms with van der Waals surface area (Å²) < 4.78 is 168. The van der Waals surface area contributed by atoms with Crippen molar-refractivity contribution in [2.45, 2.75) is 221 Å². The number of ether oxygens (including phenoxy) is 4. The van der Waals surface area contributed by atoms with Gasteiger partial charge in [-0.3, -0.25) is 4.79 Å². The summed E-state index contributed by atoms with van der Waals surface area (Å²) in [5.41, 5.74) is -7.03. The summed E-state index contributed by atoms with van der Waals surface area (Å²) in [5, 5.41) is 56.8. The number of rotatable bonds is 6. The van der Waals surface area contributed by atoms with E-state index in [2.05, 4.69) is 0 Å². The fraction of sp³-hybridized carbons (Fsp3) is 0.734. The summed E-state index contributed by atoms with van der Waals surface area (Å²) in [4.78, 5) is 11.3. The first-order valence-electron chi connectivity index (χ1n) is 29.9. The van der Waals surface area contributed by atoms with Crippen LogP contribution >= 0.6 is 0 Å². The van der Waals surface area contributed by atoms with Crippen molar-refractivity contribution in [1.29, 1.82) is 0 Å². The van der Waals surface area contributed by atoms with Crippen LogP contribution in [0.25, 0.3) is 0 Å². The molecule has 2 spiro atoms. The third-order valence-corrected chi connectivity index (χ3v) is 22.8. The van der Waals surface area contributed by atoms with Gasteiger partial charge < -0.3 is 44.5 Å². The van der Waals surface area contributed by atoms with Crippen LogP contribution in [-0.2, 0) is 25.6 Å². The molecule has 20 heteroatoms. The second-order valence-electron chi connectivity index (χ2n) is 29.1. The molecule has 10 aliphatic rings. The Bertz CT molecular complexity index is 2920. The van der Waals surface area contributed by atoms with Gasteiger partial charge in [-0.15, -0.1) is 0 Å². The fourth-order valence-electron chi connectivity index (χ4n) is 18.3. The van der Waals surface area contributed by atoms with Crippen LogP contribution in [0.3, 0.4) is 0 Å². The quantitative estimate of drug-likeness (QED) is 0.107. The van der Waals surface area contributed by atoms with E-state index >= 15 is 17.6 Å². The van der Waals surface area contributed by atoms with E-state index in [9.17, 15) is 56.7 Å². The molecule has 2 heterocycles. The van der Waals surface area contributed by atoms with Crippen molar-refractivity contribution < 1.29 is 93.2 Å². The van der Waals surface area contributed by atoms with Gasteiger partial charge in [0.2, 0.25) is 0 Å². The average Bonchev–Trinajstić information content (AvgIpc) is 1.39. The van der Waals surface area contributed by atoms with Gasteiger partial charge in [0, 0.05) is 64.7 Å². The first-order valence-corrected chi connectivity index (χ1v) is 29.9. The molecule has 12 atom stereocenters. The molecule has 2 aliphatic heterocycles. The van der Waals surface area contributed by atoms with E-state index in [0.29, 0.717) is 106 Å². The second-order valence-corrected chi connectivity index (χ2v) is 29.1. The van der Waals surface area contributed by atoms with Crippen molar-refractivity contribution >= 4 is 6.29 Å². The largest absolute Gasteiger partial charge is 0.456 e. The Morgan fingerprint density at radius 3 is 1.20 bits per heavy atom. The normalized spacial score (nSPS) is 39.5. The van der Waals surface area contributed by atoms with E-state index in [1.807, 2.05) is 27.7 Å². The Morgan fingerprint density at radius 2 is 0.869 bits per heavy atom. The van der Waals surface area contributed by atoms with Crippen LogP contribution in [0.1, 0.15) is 183 Å². The molecule has 12 rings (SSSR count). The van der Waals surface area contributed by atoms with Gasteiger partial charge in [0.05, 0.1) is 44.2 Å². The number of hydrogen-bond acceptors (Lipinski definition) is 10. The van der Waals surface area contributed by atoms with Crippen LogP contribution in [-0.4, -0.2) is 116 Å². The van der Waals surface area contributed by atoms with Gasteiger partial charge in [0.15, 0.2) is 11.6 Å². The van der Waals surface area contributed by atoms with Crippen LogP contribution in [0.5, 0.6) is 0 Å². The Kier molecular flexibility index (Phi) is 14.8. The maximum Gasteiger partial charge on any atom is 0.456 e. The standard InChI is InChI=1S/C32H41F5O5.C32H39F5O5/c2*1-26(2)17-41-29(42-18-26)12-9-24-25-21(8-11-28(24,39)16-29)23-10-13-30(40,31(33,34)32(35,36)37)27(23,3)14-22(25)20-6-4-19(15-38)5-7-20/h4-7,21-23,38-40H,8-18H2,1-3H3;4-7,15,21-23,39-40H,8-14,16-18H2,1-3H3/t2*21?,22-,23?,27+,28-,30+/m11/s1. The molecule has 2 aromatic carbocycles. The highest BCUT2D eigenvalue weighted by molar-refractivity contribution is 5.74. The molecule has 2 saturated heterocycles. The molecular weight excluding hydrogens is 1120 g/mol. The van der Waals surface area contributed by atoms with Crippen LogP contribution in [0.15, 0.2) is 70.8 Å². The highest BCUT2D eigenvalue weighted by Crippen LogP contribution is 2.74. The molecule has 466 valence electrons. The fourth-order valence-corrected chi connectivity index (χ4v) is 18.3. The molecule has 0 radical (unpaired) electrons. The lowest BCUT2D eigenvalue weighted by molar-refractivity contribution is -0.362. The maximum absolute atomic E-state index is 15.2. The van der Waals surface area contributed by atoms with Gasteiger partial charge in [0.1, 0.15) is 17.5 Å². The lowest BCUT2D eigenvalue weighted by atomic mass is 9.49. The molecule has 0 amide bonds. The molecule has 0 aromatic heterocycles. The minimum atomic E-state index is -5.90. The molecule has 2 aromatic rings. The number of aldehydes is 1. The molecule has 4 unspecified atom stereocenters. The average molecular weight is 1200 g/mol. The number of alkyl halides is 10. The molecule has 10 nitrogen and oxygen atoms in total. The van der Waals surface area contributed by atoms with E-state index in [-0.39, 0.29) is 67.8 Å². The summed E-state index contributed by atoms with van der Waals surface area (Å²) in [5.74, 6) is -15.6. The van der Waals surface area contributed by atoms with Crippen LogP contribution in [0.2, 0.25) is 0 Å². The number of carbonyl (C=O) groups is 1. The van der Waals surface area contributed by atoms with Crippen molar-refractivity contribution in [3.8, 4) is 0 Å². The highest BCUT2D eigenvalue weighted by Gasteiger charge is 2.81. The molecule has 8 aliphatic carbocycles. The van der Waals surface area contributed by atoms with E-state index in [0.717, 1.165) is 22.3 Å². The predicted molar refractivity (Wildman–Crippen MR) is 286 cm³/mol. The number of halogens is 10. The smallest absolute Gasteiger partial charge is 0.392 e. The molecule has 6 saturated carbocycles. The van der Waals surface area contributed by atoms with E-state index in [4.69, 9.17) is 18.9 Å². The number of benzene rings is 2. The summed E-state index contributed by atoms with van der Waals surface area (Å²) in [7, 11) is 0. The van der Waals surface area contributed by atoms with Crippen molar-refractivity contribution in [3.05, 3.63) is 93.1 Å². The lowest BCUT2D eigenvalue weighted by Gasteiger charge is -2.59. The Hall–Kier alpha value is -3.47. The highest BCUT2D eigenvalue weighted by atomic mass is 19.4. The Morgan fingerprint density at radius 1 is 0.512 bits per heavy atom. The summed E-state index contributed by atoms with van der Waals surface area (Å²) in [6, 6.07) is 13.6. The van der Waals surface area contributed by atoms with E-state index in [1.165, 1.54) is 13.8 Å².